The first-order valence-electron chi connectivity index (χ1n) is 10.4. The molecule has 4 fully saturated rings. The van der Waals surface area contributed by atoms with Crippen molar-refractivity contribution in [2.75, 3.05) is 0 Å². The van der Waals surface area contributed by atoms with Gasteiger partial charge in [-0.25, -0.2) is 8.42 Å². The van der Waals surface area contributed by atoms with Gasteiger partial charge in [0.05, 0.1) is 10.5 Å². The summed E-state index contributed by atoms with van der Waals surface area (Å²) in [6.07, 6.45) is 6.53. The van der Waals surface area contributed by atoms with Crippen LogP contribution in [0.1, 0.15) is 52.4 Å². The summed E-state index contributed by atoms with van der Waals surface area (Å²) in [6.45, 7) is 3.11. The van der Waals surface area contributed by atoms with E-state index in [0.29, 0.717) is 24.2 Å². The smallest absolute Gasteiger partial charge is 0.289 e. The lowest BCUT2D eigenvalue weighted by Crippen LogP contribution is -2.52. The molecule has 4 aliphatic carbocycles. The largest absolute Gasteiger partial charge is 0.298 e. The van der Waals surface area contributed by atoms with Gasteiger partial charge in [-0.15, -0.1) is 0 Å². The number of carbonyl (C=O) groups is 1. The summed E-state index contributed by atoms with van der Waals surface area (Å²) in [6, 6.07) is 5.20. The fourth-order valence-electron chi connectivity index (χ4n) is 6.12. The molecule has 0 heterocycles. The third-order valence-corrected chi connectivity index (χ3v) is 8.98. The second-order valence-corrected chi connectivity index (χ2v) is 11.3. The summed E-state index contributed by atoms with van der Waals surface area (Å²) in [5.41, 5.74) is -1.82. The van der Waals surface area contributed by atoms with E-state index < -0.39 is 31.1 Å². The van der Waals surface area contributed by atoms with E-state index in [9.17, 15) is 23.3 Å². The van der Waals surface area contributed by atoms with Crippen LogP contribution in [0.2, 0.25) is 0 Å². The summed E-state index contributed by atoms with van der Waals surface area (Å²) in [4.78, 5) is 23.2. The molecule has 4 aliphatic rings. The molecule has 0 radical (unpaired) electrons. The molecule has 7 nitrogen and oxygen atoms in total. The van der Waals surface area contributed by atoms with Crippen LogP contribution in [0.15, 0.2) is 29.2 Å². The normalized spacial score (nSPS) is 31.0. The maximum Gasteiger partial charge on any atom is 0.289 e. The molecule has 4 saturated carbocycles. The first-order chi connectivity index (χ1) is 13.6. The zero-order valence-corrected chi connectivity index (χ0v) is 17.7. The van der Waals surface area contributed by atoms with Crippen molar-refractivity contribution in [1.82, 2.24) is 4.72 Å². The van der Waals surface area contributed by atoms with E-state index >= 15 is 0 Å². The lowest BCUT2D eigenvalue weighted by Gasteiger charge is -2.54. The van der Waals surface area contributed by atoms with Crippen LogP contribution in [0.3, 0.4) is 0 Å². The number of rotatable bonds is 7. The summed E-state index contributed by atoms with van der Waals surface area (Å²) in [5.74, 6) is 2.99. The fourth-order valence-corrected chi connectivity index (χ4v) is 7.69. The predicted octanol–water partition coefficient (Wildman–Crippen LogP) is 3.68. The number of Topliss-reactive ketones (excluding diaryl/α,β-unsaturated/α-hetero) is 1. The van der Waals surface area contributed by atoms with Crippen LogP contribution in [0.25, 0.3) is 0 Å². The van der Waals surface area contributed by atoms with Crippen molar-refractivity contribution in [1.29, 1.82) is 0 Å². The van der Waals surface area contributed by atoms with Crippen molar-refractivity contribution in [2.45, 2.75) is 62.8 Å². The van der Waals surface area contributed by atoms with Crippen LogP contribution in [0.4, 0.5) is 5.69 Å². The van der Waals surface area contributed by atoms with Crippen LogP contribution in [-0.4, -0.2) is 24.7 Å². The number of nitro groups is 1. The average molecular weight is 421 g/mol. The topological polar surface area (TPSA) is 106 Å². The van der Waals surface area contributed by atoms with E-state index in [0.717, 1.165) is 17.9 Å². The minimum Gasteiger partial charge on any atom is -0.298 e. The fraction of sp³-hybridized carbons (Fsp3) is 0.667. The molecule has 0 saturated heterocycles. The van der Waals surface area contributed by atoms with Gasteiger partial charge in [-0.05, 0) is 81.6 Å². The molecule has 1 aromatic carbocycles. The van der Waals surface area contributed by atoms with E-state index in [1.165, 1.54) is 50.3 Å². The van der Waals surface area contributed by atoms with Gasteiger partial charge in [-0.2, -0.15) is 4.72 Å². The Balaban J connectivity index is 1.50. The monoisotopic (exact) mass is 420 g/mol. The lowest BCUT2D eigenvalue weighted by atomic mass is 9.51. The van der Waals surface area contributed by atoms with Crippen molar-refractivity contribution >= 4 is 21.5 Å². The maximum absolute atomic E-state index is 13.1. The molecular formula is C21H28N2O5S. The summed E-state index contributed by atoms with van der Waals surface area (Å²) >= 11 is 0. The number of nitro benzene ring substituents is 1. The Labute approximate surface area is 171 Å². The molecule has 158 valence electrons. The van der Waals surface area contributed by atoms with Gasteiger partial charge in [0.15, 0.2) is 10.7 Å². The Bertz CT molecular complexity index is 912. The minimum absolute atomic E-state index is 0.142. The number of sulfonamides is 1. The highest BCUT2D eigenvalue weighted by atomic mass is 32.2. The molecule has 1 aromatic rings. The van der Waals surface area contributed by atoms with E-state index in [1.807, 2.05) is 0 Å². The van der Waals surface area contributed by atoms with Gasteiger partial charge in [-0.3, -0.25) is 14.9 Å². The Kier molecular flexibility index (Phi) is 5.06. The molecule has 8 heteroatoms. The zero-order valence-electron chi connectivity index (χ0n) is 16.8. The van der Waals surface area contributed by atoms with Crippen molar-refractivity contribution < 1.29 is 18.1 Å². The molecule has 0 aromatic heterocycles. The predicted molar refractivity (Wildman–Crippen MR) is 108 cm³/mol. The lowest BCUT2D eigenvalue weighted by molar-refractivity contribution is -0.387. The number of carbonyl (C=O) groups excluding carboxylic acids is 1. The highest BCUT2D eigenvalue weighted by Gasteiger charge is 2.49. The van der Waals surface area contributed by atoms with Crippen LogP contribution >= 0.6 is 0 Å². The van der Waals surface area contributed by atoms with Crippen molar-refractivity contribution in [2.24, 2.45) is 29.6 Å². The van der Waals surface area contributed by atoms with Crippen LogP contribution in [0.5, 0.6) is 0 Å². The molecule has 0 spiro atoms. The molecular weight excluding hydrogens is 392 g/mol. The molecule has 1 N–H and O–H groups in total. The van der Waals surface area contributed by atoms with Crippen molar-refractivity contribution in [3.63, 3.8) is 0 Å². The molecule has 0 atom stereocenters. The summed E-state index contributed by atoms with van der Waals surface area (Å²) in [5, 5.41) is 11.2. The first kappa shape index (κ1) is 20.5. The second kappa shape index (κ2) is 7.16. The number of nitrogens with one attached hydrogen (secondary N) is 1. The molecule has 29 heavy (non-hydrogen) atoms. The van der Waals surface area contributed by atoms with Gasteiger partial charge in [0.25, 0.3) is 5.69 Å². The zero-order chi connectivity index (χ0) is 21.0. The quantitative estimate of drug-likeness (QED) is 0.535. The Hall–Kier alpha value is -1.80. The summed E-state index contributed by atoms with van der Waals surface area (Å²) < 4.78 is 28.1. The van der Waals surface area contributed by atoms with Crippen LogP contribution in [-0.2, 0) is 14.8 Å². The van der Waals surface area contributed by atoms with E-state index in [-0.39, 0.29) is 5.78 Å². The molecule has 0 amide bonds. The maximum atomic E-state index is 13.1. The number of nitrogens with zero attached hydrogens (tertiary/aromatic N) is 1. The molecule has 5 rings (SSSR count). The highest BCUT2D eigenvalue weighted by Crippen LogP contribution is 2.57. The average Bonchev–Trinajstić information content (AvgIpc) is 2.63. The number of ketones is 1. The van der Waals surface area contributed by atoms with Gasteiger partial charge < -0.3 is 0 Å². The molecule has 0 aliphatic heterocycles. The number of para-hydroxylation sites is 1. The van der Waals surface area contributed by atoms with Crippen molar-refractivity contribution in [3.8, 4) is 0 Å². The first-order valence-corrected chi connectivity index (χ1v) is 11.9. The standard InChI is InChI=1S/C21H28N2O5S/c1-21(2,22-29(27,28)19-6-4-3-5-18(19)23(25)26)20(24)12-17-15-8-13-7-14(10-15)11-16(17)9-13/h3-6,13-17,22H,7-12H2,1-2H3. The number of hydrogen-bond acceptors (Lipinski definition) is 5. The van der Waals surface area contributed by atoms with Gasteiger partial charge in [0.2, 0.25) is 10.0 Å². The Morgan fingerprint density at radius 3 is 2.21 bits per heavy atom. The van der Waals surface area contributed by atoms with Gasteiger partial charge in [0, 0.05) is 12.5 Å². The molecule has 4 bridgehead atoms. The SMILES string of the molecule is CC(C)(NS(=O)(=O)c1ccccc1[N+](=O)[O-])C(=O)CC1C2CC3CC(C2)CC1C3. The number of hydrogen-bond donors (Lipinski definition) is 1. The van der Waals surface area contributed by atoms with E-state index in [2.05, 4.69) is 4.72 Å². The Morgan fingerprint density at radius 2 is 1.66 bits per heavy atom. The number of benzene rings is 1. The van der Waals surface area contributed by atoms with Gasteiger partial charge in [0.1, 0.15) is 0 Å². The second-order valence-electron chi connectivity index (χ2n) is 9.68. The minimum atomic E-state index is -4.21. The molecule has 0 unspecified atom stereocenters. The van der Waals surface area contributed by atoms with E-state index in [1.54, 1.807) is 13.8 Å². The van der Waals surface area contributed by atoms with Crippen molar-refractivity contribution in [3.05, 3.63) is 34.4 Å². The van der Waals surface area contributed by atoms with Crippen LogP contribution < -0.4 is 4.72 Å². The van der Waals surface area contributed by atoms with E-state index in [4.69, 9.17) is 0 Å². The highest BCUT2D eigenvalue weighted by molar-refractivity contribution is 7.89. The summed E-state index contributed by atoms with van der Waals surface area (Å²) in [7, 11) is -4.21. The third-order valence-electron chi connectivity index (χ3n) is 7.28. The van der Waals surface area contributed by atoms with Crippen LogP contribution in [0, 0.1) is 39.7 Å². The third kappa shape index (κ3) is 3.84. The van der Waals surface area contributed by atoms with Gasteiger partial charge >= 0.3 is 0 Å². The van der Waals surface area contributed by atoms with Gasteiger partial charge in [-0.1, -0.05) is 12.1 Å². The Morgan fingerprint density at radius 1 is 1.10 bits per heavy atom.